The van der Waals surface area contributed by atoms with Gasteiger partial charge in [-0.25, -0.2) is 9.98 Å². The van der Waals surface area contributed by atoms with Gasteiger partial charge in [0.25, 0.3) is 0 Å². The molecule has 0 aliphatic heterocycles. The number of nitrogens with zero attached hydrogens (tertiary/aromatic N) is 3. The predicted octanol–water partition coefficient (Wildman–Crippen LogP) is 2.05. The average molecular weight is 245 g/mol. The first-order valence-electron chi connectivity index (χ1n) is 5.77. The Hall–Kier alpha value is -2.22. The number of nitriles is 1. The highest BCUT2D eigenvalue weighted by Gasteiger charge is 2.16. The van der Waals surface area contributed by atoms with Crippen molar-refractivity contribution < 1.29 is 9.53 Å². The maximum absolute atomic E-state index is 11.4. The SMILES string of the molecule is CCOC(=O)C(C#N)C=Nc1ncccc1CC. The molecule has 1 atom stereocenters. The van der Waals surface area contributed by atoms with Crippen LogP contribution < -0.4 is 0 Å². The summed E-state index contributed by atoms with van der Waals surface area (Å²) in [6.07, 6.45) is 3.69. The van der Waals surface area contributed by atoms with E-state index >= 15 is 0 Å². The van der Waals surface area contributed by atoms with E-state index in [0.29, 0.717) is 5.82 Å². The number of ether oxygens (including phenoxy) is 1. The van der Waals surface area contributed by atoms with E-state index in [9.17, 15) is 4.79 Å². The molecule has 0 fully saturated rings. The van der Waals surface area contributed by atoms with Crippen LogP contribution in [0, 0.1) is 17.2 Å². The predicted molar refractivity (Wildman–Crippen MR) is 67.5 cm³/mol. The zero-order valence-corrected chi connectivity index (χ0v) is 10.5. The Balaban J connectivity index is 2.84. The highest BCUT2D eigenvalue weighted by molar-refractivity contribution is 5.93. The fraction of sp³-hybridized carbons (Fsp3) is 0.385. The molecule has 0 saturated heterocycles. The number of hydrogen-bond donors (Lipinski definition) is 0. The van der Waals surface area contributed by atoms with E-state index < -0.39 is 11.9 Å². The van der Waals surface area contributed by atoms with Crippen LogP contribution in [0.2, 0.25) is 0 Å². The van der Waals surface area contributed by atoms with E-state index in [2.05, 4.69) is 9.98 Å². The second-order valence-corrected chi connectivity index (χ2v) is 3.48. The first-order valence-corrected chi connectivity index (χ1v) is 5.77. The van der Waals surface area contributed by atoms with Crippen LogP contribution in [0.3, 0.4) is 0 Å². The molecule has 0 bridgehead atoms. The summed E-state index contributed by atoms with van der Waals surface area (Å²) in [4.78, 5) is 19.6. The maximum Gasteiger partial charge on any atom is 0.328 e. The Morgan fingerprint density at radius 2 is 2.44 bits per heavy atom. The smallest absolute Gasteiger partial charge is 0.328 e. The van der Waals surface area contributed by atoms with Gasteiger partial charge in [0.15, 0.2) is 11.7 Å². The second-order valence-electron chi connectivity index (χ2n) is 3.48. The molecule has 5 nitrogen and oxygen atoms in total. The lowest BCUT2D eigenvalue weighted by atomic mass is 10.2. The molecule has 0 aliphatic carbocycles. The van der Waals surface area contributed by atoms with Gasteiger partial charge >= 0.3 is 5.97 Å². The lowest BCUT2D eigenvalue weighted by molar-refractivity contribution is -0.143. The number of aliphatic imine (C=N–C) groups is 1. The lowest BCUT2D eigenvalue weighted by Crippen LogP contribution is -2.17. The third kappa shape index (κ3) is 3.67. The molecule has 0 amide bonds. The number of hydrogen-bond acceptors (Lipinski definition) is 5. The minimum Gasteiger partial charge on any atom is -0.465 e. The number of rotatable bonds is 5. The molecule has 5 heteroatoms. The van der Waals surface area contributed by atoms with E-state index in [1.807, 2.05) is 25.1 Å². The monoisotopic (exact) mass is 245 g/mol. The first kappa shape index (κ1) is 13.8. The highest BCUT2D eigenvalue weighted by atomic mass is 16.5. The number of aromatic nitrogens is 1. The van der Waals surface area contributed by atoms with Gasteiger partial charge in [-0.15, -0.1) is 0 Å². The largest absolute Gasteiger partial charge is 0.465 e. The normalized spacial score (nSPS) is 12.1. The summed E-state index contributed by atoms with van der Waals surface area (Å²) in [5.74, 6) is -1.04. The molecule has 0 aliphatic rings. The fourth-order valence-corrected chi connectivity index (χ4v) is 1.35. The Kier molecular flexibility index (Phi) is 5.52. The topological polar surface area (TPSA) is 75.3 Å². The third-order valence-corrected chi connectivity index (χ3v) is 2.27. The molecule has 1 unspecified atom stereocenters. The van der Waals surface area contributed by atoms with Crippen LogP contribution in [0.4, 0.5) is 5.82 Å². The van der Waals surface area contributed by atoms with Crippen LogP contribution in [0.25, 0.3) is 0 Å². The molecule has 94 valence electrons. The van der Waals surface area contributed by atoms with Gasteiger partial charge in [0, 0.05) is 12.4 Å². The summed E-state index contributed by atoms with van der Waals surface area (Å²) < 4.78 is 4.77. The van der Waals surface area contributed by atoms with E-state index in [4.69, 9.17) is 10.00 Å². The molecule has 0 aromatic carbocycles. The molecule has 1 aromatic heterocycles. The number of carbonyl (C=O) groups excluding carboxylic acids is 1. The summed E-state index contributed by atoms with van der Waals surface area (Å²) in [6.45, 7) is 3.93. The molecule has 0 radical (unpaired) electrons. The third-order valence-electron chi connectivity index (χ3n) is 2.27. The van der Waals surface area contributed by atoms with E-state index in [-0.39, 0.29) is 6.61 Å². The van der Waals surface area contributed by atoms with Crippen molar-refractivity contribution in [3.8, 4) is 6.07 Å². The summed E-state index contributed by atoms with van der Waals surface area (Å²) in [5, 5.41) is 8.87. The molecular formula is C13H15N3O2. The second kappa shape index (κ2) is 7.17. The average Bonchev–Trinajstić information content (AvgIpc) is 2.40. The minimum absolute atomic E-state index is 0.245. The van der Waals surface area contributed by atoms with Crippen molar-refractivity contribution in [3.05, 3.63) is 23.9 Å². The van der Waals surface area contributed by atoms with Crippen molar-refractivity contribution in [1.29, 1.82) is 5.26 Å². The van der Waals surface area contributed by atoms with Gasteiger partial charge in [0.2, 0.25) is 0 Å². The summed E-state index contributed by atoms with van der Waals surface area (Å²) in [7, 11) is 0. The van der Waals surface area contributed by atoms with Gasteiger partial charge < -0.3 is 4.74 Å². The Morgan fingerprint density at radius 1 is 1.67 bits per heavy atom. The van der Waals surface area contributed by atoms with Crippen LogP contribution in [-0.2, 0) is 16.0 Å². The van der Waals surface area contributed by atoms with Gasteiger partial charge in [-0.2, -0.15) is 5.26 Å². The number of aryl methyl sites for hydroxylation is 1. The number of esters is 1. The highest BCUT2D eigenvalue weighted by Crippen LogP contribution is 2.15. The molecule has 0 saturated carbocycles. The van der Waals surface area contributed by atoms with Crippen molar-refractivity contribution >= 4 is 18.0 Å². The number of pyridine rings is 1. The van der Waals surface area contributed by atoms with Gasteiger partial charge in [-0.05, 0) is 25.0 Å². The van der Waals surface area contributed by atoms with E-state index in [1.54, 1.807) is 13.1 Å². The van der Waals surface area contributed by atoms with Crippen molar-refractivity contribution in [2.45, 2.75) is 20.3 Å². The molecule has 1 rings (SSSR count). The van der Waals surface area contributed by atoms with Crippen LogP contribution in [0.5, 0.6) is 0 Å². The molecule has 1 heterocycles. The van der Waals surface area contributed by atoms with Crippen LogP contribution in [0.15, 0.2) is 23.3 Å². The van der Waals surface area contributed by atoms with Gasteiger partial charge in [0.1, 0.15) is 0 Å². The maximum atomic E-state index is 11.4. The standard InChI is InChI=1S/C13H15N3O2/c1-3-10-6-5-7-15-12(10)16-9-11(8-14)13(17)18-4-2/h5-7,9,11H,3-4H2,1-2H3. The van der Waals surface area contributed by atoms with Crippen molar-refractivity contribution in [3.63, 3.8) is 0 Å². The Labute approximate surface area is 106 Å². The summed E-state index contributed by atoms with van der Waals surface area (Å²) >= 11 is 0. The van der Waals surface area contributed by atoms with Crippen LogP contribution in [-0.4, -0.2) is 23.8 Å². The van der Waals surface area contributed by atoms with Crippen molar-refractivity contribution in [1.82, 2.24) is 4.98 Å². The lowest BCUT2D eigenvalue weighted by Gasteiger charge is -2.03. The zero-order valence-electron chi connectivity index (χ0n) is 10.5. The zero-order chi connectivity index (χ0) is 13.4. The number of carbonyl (C=O) groups is 1. The quantitative estimate of drug-likeness (QED) is 0.587. The molecule has 0 spiro atoms. The summed E-state index contributed by atoms with van der Waals surface area (Å²) in [6, 6.07) is 5.58. The Morgan fingerprint density at radius 3 is 3.06 bits per heavy atom. The molecule has 0 N–H and O–H groups in total. The minimum atomic E-state index is -0.989. The van der Waals surface area contributed by atoms with E-state index in [1.165, 1.54) is 6.21 Å². The van der Waals surface area contributed by atoms with Crippen molar-refractivity contribution in [2.24, 2.45) is 10.9 Å². The van der Waals surface area contributed by atoms with Crippen molar-refractivity contribution in [2.75, 3.05) is 6.61 Å². The summed E-state index contributed by atoms with van der Waals surface area (Å²) in [5.41, 5.74) is 0.967. The van der Waals surface area contributed by atoms with Crippen LogP contribution in [0.1, 0.15) is 19.4 Å². The Bertz CT molecular complexity index is 477. The van der Waals surface area contributed by atoms with Crippen LogP contribution >= 0.6 is 0 Å². The first-order chi connectivity index (χ1) is 8.72. The van der Waals surface area contributed by atoms with E-state index in [0.717, 1.165) is 12.0 Å². The molecule has 1 aromatic rings. The molecule has 18 heavy (non-hydrogen) atoms. The molecular weight excluding hydrogens is 230 g/mol. The van der Waals surface area contributed by atoms with Gasteiger partial charge in [0.05, 0.1) is 12.7 Å². The van der Waals surface area contributed by atoms with Gasteiger partial charge in [-0.3, -0.25) is 4.79 Å². The van der Waals surface area contributed by atoms with Gasteiger partial charge in [-0.1, -0.05) is 13.0 Å². The fourth-order valence-electron chi connectivity index (χ4n) is 1.35.